The number of nitrogens with one attached hydrogen (secondary N) is 1. The highest BCUT2D eigenvalue weighted by molar-refractivity contribution is 5.39. The summed E-state index contributed by atoms with van der Waals surface area (Å²) in [7, 11) is 1.95. The SMILES string of the molecule is CNC(C)c1ccc(C)cc1OCCCCCO. The van der Waals surface area contributed by atoms with Crippen LogP contribution in [0.1, 0.15) is 43.4 Å². The van der Waals surface area contributed by atoms with Crippen LogP contribution in [-0.2, 0) is 0 Å². The molecule has 102 valence electrons. The molecular formula is C15H25NO2. The van der Waals surface area contributed by atoms with Crippen LogP contribution in [0, 0.1) is 6.92 Å². The Morgan fingerprint density at radius 3 is 2.72 bits per heavy atom. The molecule has 0 aromatic heterocycles. The van der Waals surface area contributed by atoms with Crippen LogP contribution in [0.3, 0.4) is 0 Å². The first kappa shape index (κ1) is 15.0. The van der Waals surface area contributed by atoms with Gasteiger partial charge in [-0.1, -0.05) is 12.1 Å². The van der Waals surface area contributed by atoms with E-state index in [0.29, 0.717) is 6.61 Å². The molecule has 0 heterocycles. The monoisotopic (exact) mass is 251 g/mol. The minimum Gasteiger partial charge on any atom is -0.493 e. The molecule has 3 nitrogen and oxygen atoms in total. The average Bonchev–Trinajstić information content (AvgIpc) is 2.38. The molecule has 0 saturated heterocycles. The van der Waals surface area contributed by atoms with Gasteiger partial charge in [-0.05, 0) is 51.8 Å². The predicted octanol–water partition coefficient (Wildman–Crippen LogP) is 2.82. The fraction of sp³-hybridized carbons (Fsp3) is 0.600. The van der Waals surface area contributed by atoms with Crippen molar-refractivity contribution in [2.24, 2.45) is 0 Å². The Bertz CT molecular complexity index is 352. The standard InChI is InChI=1S/C15H25NO2/c1-12-7-8-14(13(2)16-3)15(11-12)18-10-6-4-5-9-17/h7-8,11,13,16-17H,4-6,9-10H2,1-3H3. The Morgan fingerprint density at radius 2 is 2.06 bits per heavy atom. The molecule has 18 heavy (non-hydrogen) atoms. The third kappa shape index (κ3) is 4.67. The topological polar surface area (TPSA) is 41.5 Å². The third-order valence-electron chi connectivity index (χ3n) is 3.13. The third-order valence-corrected chi connectivity index (χ3v) is 3.13. The number of aliphatic hydroxyl groups is 1. The molecule has 0 saturated carbocycles. The van der Waals surface area contributed by atoms with E-state index in [9.17, 15) is 0 Å². The van der Waals surface area contributed by atoms with Crippen molar-refractivity contribution in [3.8, 4) is 5.75 Å². The van der Waals surface area contributed by atoms with Gasteiger partial charge in [0, 0.05) is 18.2 Å². The number of hydrogen-bond donors (Lipinski definition) is 2. The van der Waals surface area contributed by atoms with Crippen molar-refractivity contribution in [3.05, 3.63) is 29.3 Å². The van der Waals surface area contributed by atoms with E-state index in [2.05, 4.69) is 37.4 Å². The number of aliphatic hydroxyl groups excluding tert-OH is 1. The zero-order valence-corrected chi connectivity index (χ0v) is 11.7. The van der Waals surface area contributed by atoms with Crippen LogP contribution in [0.15, 0.2) is 18.2 Å². The summed E-state index contributed by atoms with van der Waals surface area (Å²) in [6.07, 6.45) is 2.86. The lowest BCUT2D eigenvalue weighted by molar-refractivity contribution is 0.264. The van der Waals surface area contributed by atoms with Gasteiger partial charge in [-0.2, -0.15) is 0 Å². The molecule has 0 amide bonds. The summed E-state index contributed by atoms with van der Waals surface area (Å²) in [6, 6.07) is 6.62. The maximum absolute atomic E-state index is 8.72. The van der Waals surface area contributed by atoms with Crippen molar-refractivity contribution < 1.29 is 9.84 Å². The van der Waals surface area contributed by atoms with Crippen LogP contribution in [0.25, 0.3) is 0 Å². The molecule has 0 bridgehead atoms. The summed E-state index contributed by atoms with van der Waals surface area (Å²) in [4.78, 5) is 0. The lowest BCUT2D eigenvalue weighted by atomic mass is 10.1. The van der Waals surface area contributed by atoms with Gasteiger partial charge in [0.15, 0.2) is 0 Å². The van der Waals surface area contributed by atoms with Crippen molar-refractivity contribution in [2.45, 2.75) is 39.2 Å². The highest BCUT2D eigenvalue weighted by atomic mass is 16.5. The number of aryl methyl sites for hydroxylation is 1. The first-order valence-electron chi connectivity index (χ1n) is 6.70. The van der Waals surface area contributed by atoms with E-state index in [1.807, 2.05) is 7.05 Å². The first-order valence-corrected chi connectivity index (χ1v) is 6.70. The molecular weight excluding hydrogens is 226 g/mol. The number of ether oxygens (including phenoxy) is 1. The minimum absolute atomic E-state index is 0.270. The van der Waals surface area contributed by atoms with Gasteiger partial charge >= 0.3 is 0 Å². The van der Waals surface area contributed by atoms with Gasteiger partial charge in [-0.15, -0.1) is 0 Å². The summed E-state index contributed by atoms with van der Waals surface area (Å²) in [5.41, 5.74) is 2.41. The molecule has 0 radical (unpaired) electrons. The molecule has 1 aromatic rings. The number of benzene rings is 1. The van der Waals surface area contributed by atoms with Gasteiger partial charge in [0.25, 0.3) is 0 Å². The molecule has 3 heteroatoms. The second-order valence-electron chi connectivity index (χ2n) is 4.68. The molecule has 0 spiro atoms. The zero-order chi connectivity index (χ0) is 13.4. The van der Waals surface area contributed by atoms with E-state index in [4.69, 9.17) is 9.84 Å². The highest BCUT2D eigenvalue weighted by Crippen LogP contribution is 2.26. The summed E-state index contributed by atoms with van der Waals surface area (Å²) in [5, 5.41) is 12.0. The lowest BCUT2D eigenvalue weighted by Crippen LogP contribution is -2.14. The van der Waals surface area contributed by atoms with Crippen molar-refractivity contribution in [1.29, 1.82) is 0 Å². The second kappa shape index (κ2) is 8.11. The van der Waals surface area contributed by atoms with E-state index in [1.54, 1.807) is 0 Å². The largest absolute Gasteiger partial charge is 0.493 e. The Morgan fingerprint density at radius 1 is 1.28 bits per heavy atom. The van der Waals surface area contributed by atoms with Gasteiger partial charge in [-0.3, -0.25) is 0 Å². The Labute approximate surface area is 110 Å². The zero-order valence-electron chi connectivity index (χ0n) is 11.7. The van der Waals surface area contributed by atoms with Gasteiger partial charge < -0.3 is 15.2 Å². The van der Waals surface area contributed by atoms with Crippen LogP contribution in [0.4, 0.5) is 0 Å². The van der Waals surface area contributed by atoms with Crippen molar-refractivity contribution in [3.63, 3.8) is 0 Å². The fourth-order valence-corrected chi connectivity index (χ4v) is 1.85. The molecule has 2 N–H and O–H groups in total. The van der Waals surface area contributed by atoms with E-state index in [0.717, 1.165) is 25.0 Å². The molecule has 0 aliphatic carbocycles. The molecule has 0 aliphatic heterocycles. The van der Waals surface area contributed by atoms with Gasteiger partial charge in [0.2, 0.25) is 0 Å². The summed E-state index contributed by atoms with van der Waals surface area (Å²) >= 11 is 0. The Balaban J connectivity index is 2.59. The summed E-state index contributed by atoms with van der Waals surface area (Å²) in [5.74, 6) is 0.973. The minimum atomic E-state index is 0.270. The second-order valence-corrected chi connectivity index (χ2v) is 4.68. The highest BCUT2D eigenvalue weighted by Gasteiger charge is 2.09. The smallest absolute Gasteiger partial charge is 0.124 e. The van der Waals surface area contributed by atoms with Gasteiger partial charge in [0.1, 0.15) is 5.75 Å². The maximum Gasteiger partial charge on any atom is 0.124 e. The van der Waals surface area contributed by atoms with Crippen LogP contribution < -0.4 is 10.1 Å². The lowest BCUT2D eigenvalue weighted by Gasteiger charge is -2.17. The van der Waals surface area contributed by atoms with Gasteiger partial charge in [-0.25, -0.2) is 0 Å². The Kier molecular flexibility index (Phi) is 6.76. The maximum atomic E-state index is 8.72. The number of hydrogen-bond acceptors (Lipinski definition) is 3. The van der Waals surface area contributed by atoms with Crippen molar-refractivity contribution in [1.82, 2.24) is 5.32 Å². The van der Waals surface area contributed by atoms with Crippen molar-refractivity contribution >= 4 is 0 Å². The number of rotatable bonds is 8. The average molecular weight is 251 g/mol. The van der Waals surface area contributed by atoms with E-state index < -0.39 is 0 Å². The van der Waals surface area contributed by atoms with Crippen LogP contribution in [0.2, 0.25) is 0 Å². The summed E-state index contributed by atoms with van der Waals surface area (Å²) < 4.78 is 5.87. The molecule has 1 unspecified atom stereocenters. The normalized spacial score (nSPS) is 12.4. The molecule has 1 aromatic carbocycles. The van der Waals surface area contributed by atoms with Crippen molar-refractivity contribution in [2.75, 3.05) is 20.3 Å². The van der Waals surface area contributed by atoms with Gasteiger partial charge in [0.05, 0.1) is 6.61 Å². The quantitative estimate of drug-likeness (QED) is 0.698. The molecule has 0 fully saturated rings. The fourth-order valence-electron chi connectivity index (χ4n) is 1.85. The van der Waals surface area contributed by atoms with E-state index >= 15 is 0 Å². The van der Waals surface area contributed by atoms with Crippen LogP contribution in [0.5, 0.6) is 5.75 Å². The molecule has 1 atom stereocenters. The molecule has 1 rings (SSSR count). The summed E-state index contributed by atoms with van der Waals surface area (Å²) in [6.45, 7) is 5.19. The van der Waals surface area contributed by atoms with E-state index in [-0.39, 0.29) is 12.6 Å². The molecule has 0 aliphatic rings. The Hall–Kier alpha value is -1.06. The van der Waals surface area contributed by atoms with Crippen LogP contribution >= 0.6 is 0 Å². The number of unbranched alkanes of at least 4 members (excludes halogenated alkanes) is 2. The van der Waals surface area contributed by atoms with Crippen LogP contribution in [-0.4, -0.2) is 25.4 Å². The predicted molar refractivity (Wildman–Crippen MR) is 75.1 cm³/mol. The van der Waals surface area contributed by atoms with E-state index in [1.165, 1.54) is 11.1 Å². The first-order chi connectivity index (χ1) is 8.69.